The molecule has 0 saturated heterocycles. The van der Waals surface area contributed by atoms with Gasteiger partial charge >= 0.3 is 0 Å². The number of para-hydroxylation sites is 2. The second-order valence-electron chi connectivity index (χ2n) is 5.71. The molecule has 0 aliphatic heterocycles. The van der Waals surface area contributed by atoms with E-state index >= 15 is 0 Å². The Morgan fingerprint density at radius 3 is 2.68 bits per heavy atom. The van der Waals surface area contributed by atoms with Gasteiger partial charge in [0.25, 0.3) is 5.69 Å². The van der Waals surface area contributed by atoms with Crippen LogP contribution in [0.2, 0.25) is 0 Å². The van der Waals surface area contributed by atoms with Crippen LogP contribution in [0.15, 0.2) is 53.9 Å². The summed E-state index contributed by atoms with van der Waals surface area (Å²) in [6.07, 6.45) is 3.59. The van der Waals surface area contributed by atoms with E-state index in [2.05, 4.69) is 20.5 Å². The van der Waals surface area contributed by atoms with Crippen molar-refractivity contribution in [1.82, 2.24) is 19.7 Å². The highest BCUT2D eigenvalue weighted by atomic mass is 32.2. The van der Waals surface area contributed by atoms with E-state index in [1.165, 1.54) is 23.9 Å². The van der Waals surface area contributed by atoms with Gasteiger partial charge in [-0.15, -0.1) is 10.2 Å². The molecule has 1 aromatic carbocycles. The Morgan fingerprint density at radius 2 is 1.96 bits per heavy atom. The molecular formula is C18H18N6O3S. The average molecular weight is 398 g/mol. The molecule has 10 heteroatoms. The summed E-state index contributed by atoms with van der Waals surface area (Å²) in [5, 5.41) is 22.8. The zero-order chi connectivity index (χ0) is 19.9. The van der Waals surface area contributed by atoms with Crippen molar-refractivity contribution < 1.29 is 9.72 Å². The number of amides is 1. The molecule has 1 amide bonds. The zero-order valence-electron chi connectivity index (χ0n) is 15.1. The number of nitro benzene ring substituents is 1. The van der Waals surface area contributed by atoms with E-state index in [1.54, 1.807) is 24.5 Å². The molecule has 0 aliphatic carbocycles. The highest BCUT2D eigenvalue weighted by Gasteiger charge is 2.16. The lowest BCUT2D eigenvalue weighted by Gasteiger charge is -2.08. The van der Waals surface area contributed by atoms with Gasteiger partial charge in [0, 0.05) is 42.7 Å². The van der Waals surface area contributed by atoms with E-state index < -0.39 is 4.92 Å². The maximum absolute atomic E-state index is 12.2. The topological polar surface area (TPSA) is 116 Å². The third-order valence-electron chi connectivity index (χ3n) is 3.91. The number of benzene rings is 1. The number of carbonyl (C=O) groups excluding carboxylic acids is 1. The lowest BCUT2D eigenvalue weighted by molar-refractivity contribution is -0.383. The minimum atomic E-state index is -0.519. The van der Waals surface area contributed by atoms with E-state index in [4.69, 9.17) is 0 Å². The predicted molar refractivity (Wildman–Crippen MR) is 106 cm³/mol. The van der Waals surface area contributed by atoms with Crippen LogP contribution in [0, 0.1) is 10.1 Å². The number of aromatic nitrogens is 4. The lowest BCUT2D eigenvalue weighted by atomic mass is 10.2. The largest absolute Gasteiger partial charge is 0.320 e. The summed E-state index contributed by atoms with van der Waals surface area (Å²) in [7, 11) is 0. The van der Waals surface area contributed by atoms with Crippen LogP contribution in [-0.4, -0.2) is 36.3 Å². The Labute approximate surface area is 165 Å². The van der Waals surface area contributed by atoms with Gasteiger partial charge in [-0.05, 0) is 25.1 Å². The normalized spacial score (nSPS) is 10.6. The van der Waals surface area contributed by atoms with Gasteiger partial charge in [-0.3, -0.25) is 19.9 Å². The summed E-state index contributed by atoms with van der Waals surface area (Å²) in [5.74, 6) is 0.927. The van der Waals surface area contributed by atoms with Gasteiger partial charge in [-0.1, -0.05) is 23.9 Å². The molecule has 0 unspecified atom stereocenters. The maximum Gasteiger partial charge on any atom is 0.292 e. The second-order valence-corrected chi connectivity index (χ2v) is 6.77. The van der Waals surface area contributed by atoms with E-state index in [0.717, 1.165) is 11.4 Å². The molecule has 2 aromatic heterocycles. The molecule has 0 atom stereocenters. The molecule has 144 valence electrons. The first-order chi connectivity index (χ1) is 13.6. The number of hydrogen-bond donors (Lipinski definition) is 1. The Hall–Kier alpha value is -3.27. The van der Waals surface area contributed by atoms with Crippen molar-refractivity contribution in [1.29, 1.82) is 0 Å². The number of nitro groups is 1. The summed E-state index contributed by atoms with van der Waals surface area (Å²) < 4.78 is 1.97. The van der Waals surface area contributed by atoms with Crippen LogP contribution in [0.3, 0.4) is 0 Å². The Balaban J connectivity index is 1.61. The number of thioether (sulfide) groups is 1. The average Bonchev–Trinajstić information content (AvgIpc) is 3.11. The third-order valence-corrected chi connectivity index (χ3v) is 4.88. The first-order valence-electron chi connectivity index (χ1n) is 8.59. The van der Waals surface area contributed by atoms with Crippen LogP contribution in [0.1, 0.15) is 13.3 Å². The number of nitrogens with zero attached hydrogens (tertiary/aromatic N) is 5. The highest BCUT2D eigenvalue weighted by molar-refractivity contribution is 7.99. The molecule has 0 fully saturated rings. The Morgan fingerprint density at radius 1 is 1.21 bits per heavy atom. The molecule has 2 heterocycles. The third kappa shape index (κ3) is 4.52. The number of carbonyl (C=O) groups is 1. The number of pyridine rings is 1. The molecule has 0 spiro atoms. The molecule has 1 N–H and O–H groups in total. The van der Waals surface area contributed by atoms with Gasteiger partial charge in [0.05, 0.1) is 4.92 Å². The second kappa shape index (κ2) is 9.09. The Bertz CT molecular complexity index is 976. The molecule has 0 radical (unpaired) electrons. The molecule has 9 nitrogen and oxygen atoms in total. The van der Waals surface area contributed by atoms with E-state index in [1.807, 2.05) is 23.6 Å². The van der Waals surface area contributed by atoms with Crippen molar-refractivity contribution in [2.75, 3.05) is 11.1 Å². The summed E-state index contributed by atoms with van der Waals surface area (Å²) in [6.45, 7) is 2.69. The highest BCUT2D eigenvalue weighted by Crippen LogP contribution is 2.25. The number of nitrogens with one attached hydrogen (secondary N) is 1. The molecule has 0 aliphatic rings. The van der Waals surface area contributed by atoms with Crippen molar-refractivity contribution >= 4 is 29.0 Å². The maximum atomic E-state index is 12.2. The molecule has 3 rings (SSSR count). The lowest BCUT2D eigenvalue weighted by Crippen LogP contribution is -2.13. The van der Waals surface area contributed by atoms with Crippen molar-refractivity contribution in [2.24, 2.45) is 0 Å². The number of anilines is 1. The summed E-state index contributed by atoms with van der Waals surface area (Å²) >= 11 is 1.42. The number of rotatable bonds is 8. The smallest absolute Gasteiger partial charge is 0.292 e. The predicted octanol–water partition coefficient (Wildman–Crippen LogP) is 3.39. The van der Waals surface area contributed by atoms with Gasteiger partial charge in [0.2, 0.25) is 5.91 Å². The van der Waals surface area contributed by atoms with Gasteiger partial charge in [-0.25, -0.2) is 0 Å². The fourth-order valence-electron chi connectivity index (χ4n) is 2.58. The van der Waals surface area contributed by atoms with Crippen LogP contribution in [0.25, 0.3) is 11.4 Å². The van der Waals surface area contributed by atoms with Gasteiger partial charge < -0.3 is 9.88 Å². The fourth-order valence-corrected chi connectivity index (χ4v) is 3.52. The van der Waals surface area contributed by atoms with Crippen molar-refractivity contribution in [3.63, 3.8) is 0 Å². The molecular weight excluding hydrogens is 380 g/mol. The van der Waals surface area contributed by atoms with Crippen LogP contribution in [-0.2, 0) is 11.3 Å². The van der Waals surface area contributed by atoms with Gasteiger partial charge in [0.1, 0.15) is 5.69 Å². The zero-order valence-corrected chi connectivity index (χ0v) is 15.9. The minimum absolute atomic E-state index is 0.128. The van der Waals surface area contributed by atoms with Crippen LogP contribution >= 0.6 is 11.8 Å². The van der Waals surface area contributed by atoms with E-state index in [0.29, 0.717) is 17.5 Å². The van der Waals surface area contributed by atoms with E-state index in [-0.39, 0.29) is 23.7 Å². The fraction of sp³-hybridized carbons (Fsp3) is 0.222. The van der Waals surface area contributed by atoms with Gasteiger partial charge in [-0.2, -0.15) is 0 Å². The minimum Gasteiger partial charge on any atom is -0.320 e. The molecule has 3 aromatic rings. The quantitative estimate of drug-likeness (QED) is 0.351. The van der Waals surface area contributed by atoms with Crippen LogP contribution in [0.5, 0.6) is 0 Å². The monoisotopic (exact) mass is 398 g/mol. The van der Waals surface area contributed by atoms with Crippen molar-refractivity contribution in [3.8, 4) is 11.4 Å². The first-order valence-corrected chi connectivity index (χ1v) is 9.58. The summed E-state index contributed by atoms with van der Waals surface area (Å²) in [5.41, 5.74) is 0.987. The number of hydrogen-bond acceptors (Lipinski definition) is 7. The Kier molecular flexibility index (Phi) is 6.33. The van der Waals surface area contributed by atoms with Crippen molar-refractivity contribution in [3.05, 3.63) is 58.9 Å². The molecule has 28 heavy (non-hydrogen) atoms. The summed E-state index contributed by atoms with van der Waals surface area (Å²) in [6, 6.07) is 9.80. The summed E-state index contributed by atoms with van der Waals surface area (Å²) in [4.78, 5) is 26.7. The SMILES string of the molecule is CCn1c(SCCC(=O)Nc2ccccc2[N+](=O)[O-])nnc1-c1ccncc1. The molecule has 0 saturated carbocycles. The molecule has 0 bridgehead atoms. The van der Waals surface area contributed by atoms with Gasteiger partial charge in [0.15, 0.2) is 11.0 Å². The standard InChI is InChI=1S/C18H18N6O3S/c1-2-23-17(13-7-10-19-11-8-13)21-22-18(23)28-12-9-16(25)20-14-5-3-4-6-15(14)24(26)27/h3-8,10-11H,2,9,12H2,1H3,(H,20,25). The first kappa shape index (κ1) is 19.5. The van der Waals surface area contributed by atoms with E-state index in [9.17, 15) is 14.9 Å². The van der Waals surface area contributed by atoms with Crippen LogP contribution < -0.4 is 5.32 Å². The van der Waals surface area contributed by atoms with Crippen molar-refractivity contribution in [2.45, 2.75) is 25.0 Å². The van der Waals surface area contributed by atoms with Crippen LogP contribution in [0.4, 0.5) is 11.4 Å².